The molecule has 110 valence electrons. The number of aliphatic carboxylic acids is 1. The van der Waals surface area contributed by atoms with Gasteiger partial charge in [-0.3, -0.25) is 4.79 Å². The summed E-state index contributed by atoms with van der Waals surface area (Å²) in [5, 5.41) is 8.96. The van der Waals surface area contributed by atoms with Gasteiger partial charge in [-0.15, -0.1) is 0 Å². The van der Waals surface area contributed by atoms with E-state index in [1.54, 1.807) is 7.05 Å². The van der Waals surface area contributed by atoms with Gasteiger partial charge >= 0.3 is 12.0 Å². The van der Waals surface area contributed by atoms with Crippen LogP contribution in [-0.4, -0.2) is 46.0 Å². The van der Waals surface area contributed by atoms with Gasteiger partial charge in [0.25, 0.3) is 0 Å². The fourth-order valence-corrected chi connectivity index (χ4v) is 1.86. The summed E-state index contributed by atoms with van der Waals surface area (Å²) in [7, 11) is 1.68. The molecule has 1 rings (SSSR count). The predicted octanol–water partition coefficient (Wildman–Crippen LogP) is 2.42. The Morgan fingerprint density at radius 3 is 2.15 bits per heavy atom. The molecule has 0 atom stereocenters. The summed E-state index contributed by atoms with van der Waals surface area (Å²) in [6, 6.07) is 9.31. The summed E-state index contributed by atoms with van der Waals surface area (Å²) in [4.78, 5) is 26.2. The number of amides is 2. The number of carbonyl (C=O) groups excluding carboxylic acids is 1. The Morgan fingerprint density at radius 1 is 1.15 bits per heavy atom. The lowest BCUT2D eigenvalue weighted by atomic mass is 10.1. The number of urea groups is 1. The van der Waals surface area contributed by atoms with Crippen LogP contribution in [-0.2, 0) is 11.3 Å². The fraction of sp³-hybridized carbons (Fsp3) is 0.467. The van der Waals surface area contributed by atoms with Gasteiger partial charge in [0, 0.05) is 19.1 Å². The number of carboxylic acids is 1. The molecule has 0 radical (unpaired) electrons. The molecule has 2 amide bonds. The molecule has 0 unspecified atom stereocenters. The van der Waals surface area contributed by atoms with Crippen molar-refractivity contribution in [1.82, 2.24) is 9.80 Å². The first-order chi connectivity index (χ1) is 9.21. The monoisotopic (exact) mass is 278 g/mol. The largest absolute Gasteiger partial charge is 0.480 e. The van der Waals surface area contributed by atoms with Crippen LogP contribution in [0.15, 0.2) is 30.3 Å². The molecule has 0 heterocycles. The molecule has 0 bridgehead atoms. The zero-order valence-corrected chi connectivity index (χ0v) is 12.5. The highest BCUT2D eigenvalue weighted by atomic mass is 16.4. The van der Waals surface area contributed by atoms with E-state index < -0.39 is 11.5 Å². The molecule has 5 nitrogen and oxygen atoms in total. The highest BCUT2D eigenvalue weighted by Gasteiger charge is 2.30. The zero-order chi connectivity index (χ0) is 15.3. The van der Waals surface area contributed by atoms with Gasteiger partial charge in [-0.2, -0.15) is 0 Å². The van der Waals surface area contributed by atoms with Crippen LogP contribution in [0.1, 0.15) is 26.3 Å². The maximum absolute atomic E-state index is 12.4. The number of hydrogen-bond acceptors (Lipinski definition) is 2. The highest BCUT2D eigenvalue weighted by molar-refractivity contribution is 5.80. The van der Waals surface area contributed by atoms with E-state index in [0.29, 0.717) is 6.54 Å². The summed E-state index contributed by atoms with van der Waals surface area (Å²) in [5.41, 5.74) is 0.466. The van der Waals surface area contributed by atoms with Gasteiger partial charge in [0.1, 0.15) is 6.54 Å². The number of benzene rings is 1. The van der Waals surface area contributed by atoms with Gasteiger partial charge in [-0.25, -0.2) is 4.79 Å². The molecular weight excluding hydrogens is 256 g/mol. The van der Waals surface area contributed by atoms with E-state index in [0.717, 1.165) is 5.56 Å². The quantitative estimate of drug-likeness (QED) is 0.920. The second kappa shape index (κ2) is 6.41. The minimum Gasteiger partial charge on any atom is -0.480 e. The molecular formula is C15H22N2O3. The van der Waals surface area contributed by atoms with Crippen LogP contribution < -0.4 is 0 Å². The number of carboxylic acid groups (broad SMARTS) is 1. The van der Waals surface area contributed by atoms with E-state index in [1.807, 2.05) is 51.1 Å². The molecule has 0 aliphatic carbocycles. The van der Waals surface area contributed by atoms with Crippen molar-refractivity contribution < 1.29 is 14.7 Å². The first-order valence-electron chi connectivity index (χ1n) is 6.50. The predicted molar refractivity (Wildman–Crippen MR) is 77.4 cm³/mol. The molecule has 20 heavy (non-hydrogen) atoms. The number of carbonyl (C=O) groups is 2. The van der Waals surface area contributed by atoms with Gasteiger partial charge in [-0.05, 0) is 26.3 Å². The first-order valence-corrected chi connectivity index (χ1v) is 6.50. The van der Waals surface area contributed by atoms with Crippen molar-refractivity contribution in [2.45, 2.75) is 32.9 Å². The third kappa shape index (κ3) is 4.57. The maximum Gasteiger partial charge on any atom is 0.323 e. The smallest absolute Gasteiger partial charge is 0.323 e. The minimum atomic E-state index is -1.01. The van der Waals surface area contributed by atoms with E-state index in [1.165, 1.54) is 9.80 Å². The van der Waals surface area contributed by atoms with Crippen molar-refractivity contribution in [3.05, 3.63) is 35.9 Å². The highest BCUT2D eigenvalue weighted by Crippen LogP contribution is 2.16. The van der Waals surface area contributed by atoms with Gasteiger partial charge < -0.3 is 14.9 Å². The Morgan fingerprint density at radius 2 is 1.70 bits per heavy atom. The van der Waals surface area contributed by atoms with E-state index in [2.05, 4.69) is 0 Å². The van der Waals surface area contributed by atoms with Crippen LogP contribution >= 0.6 is 0 Å². The molecule has 0 spiro atoms. The standard InChI is InChI=1S/C15H22N2O3/c1-15(2,3)17(11-13(18)19)14(20)16(4)10-12-8-6-5-7-9-12/h5-9H,10-11H2,1-4H3,(H,18,19). The van der Waals surface area contributed by atoms with Crippen molar-refractivity contribution in [1.29, 1.82) is 0 Å². The van der Waals surface area contributed by atoms with Gasteiger partial charge in [-0.1, -0.05) is 30.3 Å². The normalized spacial score (nSPS) is 11.0. The Kier molecular flexibility index (Phi) is 5.13. The molecule has 5 heteroatoms. The molecule has 0 fully saturated rings. The number of hydrogen-bond donors (Lipinski definition) is 1. The van der Waals surface area contributed by atoms with Crippen LogP contribution in [0.4, 0.5) is 4.79 Å². The summed E-state index contributed by atoms with van der Waals surface area (Å²) in [5.74, 6) is -1.01. The van der Waals surface area contributed by atoms with Crippen molar-refractivity contribution in [3.8, 4) is 0 Å². The lowest BCUT2D eigenvalue weighted by Crippen LogP contribution is -2.52. The van der Waals surface area contributed by atoms with Gasteiger partial charge in [0.05, 0.1) is 0 Å². The first kappa shape index (κ1) is 16.0. The summed E-state index contributed by atoms with van der Waals surface area (Å²) in [6.07, 6.45) is 0. The van der Waals surface area contributed by atoms with Crippen LogP contribution in [0.3, 0.4) is 0 Å². The summed E-state index contributed by atoms with van der Waals surface area (Å²) >= 11 is 0. The van der Waals surface area contributed by atoms with E-state index >= 15 is 0 Å². The van der Waals surface area contributed by atoms with Crippen LogP contribution in [0.2, 0.25) is 0 Å². The van der Waals surface area contributed by atoms with Crippen molar-refractivity contribution in [3.63, 3.8) is 0 Å². The molecule has 0 aromatic heterocycles. The van der Waals surface area contributed by atoms with Gasteiger partial charge in [0.15, 0.2) is 0 Å². The van der Waals surface area contributed by atoms with Crippen LogP contribution in [0, 0.1) is 0 Å². The SMILES string of the molecule is CN(Cc1ccccc1)C(=O)N(CC(=O)O)C(C)(C)C. The Bertz CT molecular complexity index is 466. The molecule has 1 aromatic carbocycles. The van der Waals surface area contributed by atoms with Crippen molar-refractivity contribution in [2.24, 2.45) is 0 Å². The average molecular weight is 278 g/mol. The maximum atomic E-state index is 12.4. The number of rotatable bonds is 4. The van der Waals surface area contributed by atoms with E-state index in [9.17, 15) is 9.59 Å². The molecule has 0 aliphatic rings. The molecule has 0 saturated heterocycles. The summed E-state index contributed by atoms with van der Waals surface area (Å²) in [6.45, 7) is 5.62. The van der Waals surface area contributed by atoms with Crippen LogP contribution in [0.5, 0.6) is 0 Å². The minimum absolute atomic E-state index is 0.288. The van der Waals surface area contributed by atoms with Crippen molar-refractivity contribution in [2.75, 3.05) is 13.6 Å². The summed E-state index contributed by atoms with van der Waals surface area (Å²) < 4.78 is 0. The molecule has 0 saturated carbocycles. The van der Waals surface area contributed by atoms with Crippen LogP contribution in [0.25, 0.3) is 0 Å². The lowest BCUT2D eigenvalue weighted by molar-refractivity contribution is -0.138. The lowest BCUT2D eigenvalue weighted by Gasteiger charge is -2.37. The molecule has 0 aliphatic heterocycles. The third-order valence-corrected chi connectivity index (χ3v) is 2.92. The Labute approximate surface area is 119 Å². The topological polar surface area (TPSA) is 60.9 Å². The third-order valence-electron chi connectivity index (χ3n) is 2.92. The second-order valence-corrected chi connectivity index (χ2v) is 5.77. The van der Waals surface area contributed by atoms with Gasteiger partial charge in [0.2, 0.25) is 0 Å². The Balaban J connectivity index is 2.81. The zero-order valence-electron chi connectivity index (χ0n) is 12.5. The van der Waals surface area contributed by atoms with E-state index in [4.69, 9.17) is 5.11 Å². The molecule has 1 aromatic rings. The molecule has 1 N–H and O–H groups in total. The Hall–Kier alpha value is -2.04. The number of nitrogens with zero attached hydrogens (tertiary/aromatic N) is 2. The second-order valence-electron chi connectivity index (χ2n) is 5.77. The van der Waals surface area contributed by atoms with Crippen molar-refractivity contribution >= 4 is 12.0 Å². The van der Waals surface area contributed by atoms with E-state index in [-0.39, 0.29) is 12.6 Å². The average Bonchev–Trinajstić information content (AvgIpc) is 2.34. The fourth-order valence-electron chi connectivity index (χ4n) is 1.86.